The topological polar surface area (TPSA) is 140 Å². The Morgan fingerprint density at radius 1 is 1.12 bits per heavy atom. The van der Waals surface area contributed by atoms with E-state index in [0.29, 0.717) is 22.8 Å². The number of hydrogen-bond donors (Lipinski definition) is 3. The molecule has 1 aliphatic heterocycles. The Hall–Kier alpha value is -3.15. The molecule has 1 heterocycles. The average Bonchev–Trinajstić information content (AvgIpc) is 3.24. The summed E-state index contributed by atoms with van der Waals surface area (Å²) in [6, 6.07) is 10.5. The molecule has 0 aliphatic carbocycles. The van der Waals surface area contributed by atoms with E-state index in [2.05, 4.69) is 10.0 Å². The SMILES string of the molecule is CC(=O)c1ccc(S(=O)(=O)NCCC(=O)NCC(O)COc2ccc3c(c2)OCO3)cc1. The zero-order valence-electron chi connectivity index (χ0n) is 17.4. The predicted molar refractivity (Wildman–Crippen MR) is 113 cm³/mol. The smallest absolute Gasteiger partial charge is 0.240 e. The number of ketones is 1. The fourth-order valence-corrected chi connectivity index (χ4v) is 3.82. The molecule has 0 fully saturated rings. The number of sulfonamides is 1. The van der Waals surface area contributed by atoms with Crippen molar-refractivity contribution in [2.45, 2.75) is 24.3 Å². The molecular formula is C21H24N2O8S. The summed E-state index contributed by atoms with van der Waals surface area (Å²) < 4.78 is 42.8. The third-order valence-corrected chi connectivity index (χ3v) is 6.01. The summed E-state index contributed by atoms with van der Waals surface area (Å²) in [7, 11) is -3.80. The molecule has 0 saturated heterocycles. The van der Waals surface area contributed by atoms with Gasteiger partial charge in [-0.1, -0.05) is 12.1 Å². The first kappa shape index (κ1) is 23.5. The minimum Gasteiger partial charge on any atom is -0.491 e. The van der Waals surface area contributed by atoms with Crippen molar-refractivity contribution in [3.05, 3.63) is 48.0 Å². The van der Waals surface area contributed by atoms with Gasteiger partial charge in [-0.25, -0.2) is 13.1 Å². The van der Waals surface area contributed by atoms with Gasteiger partial charge in [0, 0.05) is 31.1 Å². The Morgan fingerprint density at radius 3 is 2.56 bits per heavy atom. The number of ether oxygens (including phenoxy) is 3. The van der Waals surface area contributed by atoms with Crippen LogP contribution in [0.15, 0.2) is 47.4 Å². The summed E-state index contributed by atoms with van der Waals surface area (Å²) in [5.41, 5.74) is 0.407. The van der Waals surface area contributed by atoms with E-state index in [4.69, 9.17) is 14.2 Å². The molecule has 0 saturated carbocycles. The Balaban J connectivity index is 1.35. The monoisotopic (exact) mass is 464 g/mol. The molecular weight excluding hydrogens is 440 g/mol. The van der Waals surface area contributed by atoms with Crippen LogP contribution in [0.5, 0.6) is 17.2 Å². The highest BCUT2D eigenvalue weighted by atomic mass is 32.2. The number of benzene rings is 2. The molecule has 2 aromatic rings. The second-order valence-corrected chi connectivity index (χ2v) is 8.78. The lowest BCUT2D eigenvalue weighted by molar-refractivity contribution is -0.121. The van der Waals surface area contributed by atoms with Crippen LogP contribution in [0.4, 0.5) is 0 Å². The Morgan fingerprint density at radius 2 is 1.84 bits per heavy atom. The van der Waals surface area contributed by atoms with Crippen molar-refractivity contribution < 1.29 is 37.3 Å². The molecule has 3 rings (SSSR count). The molecule has 11 heteroatoms. The van der Waals surface area contributed by atoms with Crippen LogP contribution in [0.1, 0.15) is 23.7 Å². The quantitative estimate of drug-likeness (QED) is 0.416. The number of amides is 1. The van der Waals surface area contributed by atoms with Gasteiger partial charge in [0.15, 0.2) is 17.3 Å². The largest absolute Gasteiger partial charge is 0.491 e. The Labute approximate surface area is 185 Å². The van der Waals surface area contributed by atoms with E-state index in [1.54, 1.807) is 18.2 Å². The summed E-state index contributed by atoms with van der Waals surface area (Å²) in [4.78, 5) is 23.2. The standard InChI is InChI=1S/C21H24N2O8S/c1-14(24)15-2-5-18(6-3-15)32(27,28)23-9-8-21(26)22-11-16(25)12-29-17-4-7-19-20(10-17)31-13-30-19/h2-7,10,16,23,25H,8-9,11-13H2,1H3,(H,22,26). The van der Waals surface area contributed by atoms with Crippen molar-refractivity contribution in [3.63, 3.8) is 0 Å². The molecule has 10 nitrogen and oxygen atoms in total. The van der Waals surface area contributed by atoms with E-state index in [9.17, 15) is 23.1 Å². The van der Waals surface area contributed by atoms with Gasteiger partial charge in [0.25, 0.3) is 0 Å². The van der Waals surface area contributed by atoms with Crippen molar-refractivity contribution >= 4 is 21.7 Å². The van der Waals surface area contributed by atoms with Crippen LogP contribution in [-0.4, -0.2) is 57.8 Å². The maximum absolute atomic E-state index is 12.3. The number of aliphatic hydroxyl groups excluding tert-OH is 1. The van der Waals surface area contributed by atoms with Gasteiger partial charge >= 0.3 is 0 Å². The number of Topliss-reactive ketones (excluding diaryl/α,β-unsaturated/α-hetero) is 1. The van der Waals surface area contributed by atoms with Gasteiger partial charge in [-0.05, 0) is 31.2 Å². The lowest BCUT2D eigenvalue weighted by atomic mass is 10.2. The molecule has 1 aliphatic rings. The van der Waals surface area contributed by atoms with Crippen molar-refractivity contribution in [1.82, 2.24) is 10.0 Å². The third kappa shape index (κ3) is 6.42. The van der Waals surface area contributed by atoms with Crippen LogP contribution < -0.4 is 24.2 Å². The van der Waals surface area contributed by atoms with E-state index in [0.717, 1.165) is 0 Å². The molecule has 3 N–H and O–H groups in total. The van der Waals surface area contributed by atoms with Crippen molar-refractivity contribution in [3.8, 4) is 17.2 Å². The maximum Gasteiger partial charge on any atom is 0.240 e. The summed E-state index contributed by atoms with van der Waals surface area (Å²) in [5.74, 6) is 1.07. The molecule has 1 unspecified atom stereocenters. The number of carbonyl (C=O) groups is 2. The molecule has 0 spiro atoms. The van der Waals surface area contributed by atoms with Gasteiger partial charge in [-0.15, -0.1) is 0 Å². The lowest BCUT2D eigenvalue weighted by Crippen LogP contribution is -2.37. The zero-order valence-corrected chi connectivity index (χ0v) is 18.2. The number of nitrogens with one attached hydrogen (secondary N) is 2. The Kier molecular flexibility index (Phi) is 7.67. The second kappa shape index (κ2) is 10.4. The zero-order chi connectivity index (χ0) is 23.1. The van der Waals surface area contributed by atoms with Gasteiger partial charge in [0.1, 0.15) is 18.5 Å². The van der Waals surface area contributed by atoms with Crippen molar-refractivity contribution in [1.29, 1.82) is 0 Å². The second-order valence-electron chi connectivity index (χ2n) is 7.01. The summed E-state index contributed by atoms with van der Waals surface area (Å²) in [5, 5.41) is 12.5. The maximum atomic E-state index is 12.3. The normalized spacial score (nSPS) is 13.4. The van der Waals surface area contributed by atoms with E-state index >= 15 is 0 Å². The van der Waals surface area contributed by atoms with Crippen LogP contribution in [0, 0.1) is 0 Å². The van der Waals surface area contributed by atoms with Gasteiger partial charge < -0.3 is 24.6 Å². The van der Waals surface area contributed by atoms with Crippen LogP contribution in [-0.2, 0) is 14.8 Å². The minimum atomic E-state index is -3.80. The number of rotatable bonds is 11. The number of carbonyl (C=O) groups excluding carboxylic acids is 2. The predicted octanol–water partition coefficient (Wildman–Crippen LogP) is 0.842. The summed E-state index contributed by atoms with van der Waals surface area (Å²) in [6.45, 7) is 1.31. The molecule has 1 atom stereocenters. The van der Waals surface area contributed by atoms with Gasteiger partial charge in [0.05, 0.1) is 4.90 Å². The Bertz CT molecular complexity index is 1070. The van der Waals surface area contributed by atoms with Gasteiger partial charge in [-0.3, -0.25) is 9.59 Å². The molecule has 32 heavy (non-hydrogen) atoms. The lowest BCUT2D eigenvalue weighted by Gasteiger charge is -2.14. The first-order chi connectivity index (χ1) is 15.2. The number of aliphatic hydroxyl groups is 1. The molecule has 172 valence electrons. The van der Waals surface area contributed by atoms with Gasteiger partial charge in [-0.2, -0.15) is 0 Å². The third-order valence-electron chi connectivity index (χ3n) is 4.54. The number of hydrogen-bond acceptors (Lipinski definition) is 8. The van der Waals surface area contributed by atoms with Crippen LogP contribution in [0.2, 0.25) is 0 Å². The fourth-order valence-electron chi connectivity index (χ4n) is 2.79. The number of fused-ring (bicyclic) bond motifs is 1. The molecule has 0 radical (unpaired) electrons. The first-order valence-corrected chi connectivity index (χ1v) is 11.3. The first-order valence-electron chi connectivity index (χ1n) is 9.82. The molecule has 0 aromatic heterocycles. The summed E-state index contributed by atoms with van der Waals surface area (Å²) >= 11 is 0. The minimum absolute atomic E-state index is 0.000929. The van der Waals surface area contributed by atoms with E-state index in [1.807, 2.05) is 0 Å². The molecule has 2 aromatic carbocycles. The van der Waals surface area contributed by atoms with Crippen LogP contribution >= 0.6 is 0 Å². The summed E-state index contributed by atoms with van der Waals surface area (Å²) in [6.07, 6.45) is -1.07. The van der Waals surface area contributed by atoms with E-state index < -0.39 is 22.0 Å². The molecule has 0 bridgehead atoms. The van der Waals surface area contributed by atoms with E-state index in [-0.39, 0.29) is 43.6 Å². The fraction of sp³-hybridized carbons (Fsp3) is 0.333. The highest BCUT2D eigenvalue weighted by Crippen LogP contribution is 2.35. The highest BCUT2D eigenvalue weighted by Gasteiger charge is 2.16. The average molecular weight is 464 g/mol. The van der Waals surface area contributed by atoms with Crippen molar-refractivity contribution in [2.75, 3.05) is 26.5 Å². The highest BCUT2D eigenvalue weighted by molar-refractivity contribution is 7.89. The van der Waals surface area contributed by atoms with Crippen LogP contribution in [0.3, 0.4) is 0 Å². The molecule has 1 amide bonds. The van der Waals surface area contributed by atoms with Crippen molar-refractivity contribution in [2.24, 2.45) is 0 Å². The van der Waals surface area contributed by atoms with Gasteiger partial charge in [0.2, 0.25) is 22.7 Å². The van der Waals surface area contributed by atoms with E-state index in [1.165, 1.54) is 31.2 Å². The van der Waals surface area contributed by atoms with Crippen LogP contribution in [0.25, 0.3) is 0 Å².